The Hall–Kier alpha value is -8.82. The van der Waals surface area contributed by atoms with Crippen molar-refractivity contribution in [2.24, 2.45) is 0 Å². The summed E-state index contributed by atoms with van der Waals surface area (Å²) in [5, 5.41) is 7.00. The van der Waals surface area contributed by atoms with Crippen LogP contribution in [0.15, 0.2) is 208 Å². The second-order valence-electron chi connectivity index (χ2n) is 23.6. The van der Waals surface area contributed by atoms with Gasteiger partial charge in [-0.2, -0.15) is 0 Å². The molecule has 6 aromatic carbocycles. The molecule has 1 unspecified atom stereocenters. The maximum atomic E-state index is 7.17. The van der Waals surface area contributed by atoms with E-state index in [0.717, 1.165) is 153 Å². The molecule has 14 rings (SSSR count). The first-order valence-electron chi connectivity index (χ1n) is 30.5. The lowest BCUT2D eigenvalue weighted by molar-refractivity contribution is 0.345. The van der Waals surface area contributed by atoms with Crippen LogP contribution in [0.3, 0.4) is 0 Å². The molecule has 0 N–H and O–H groups in total. The number of hydrogen-bond acceptors (Lipinski definition) is 2. The third kappa shape index (κ3) is 8.31. The van der Waals surface area contributed by atoms with Gasteiger partial charge in [0.2, 0.25) is 0 Å². The van der Waals surface area contributed by atoms with Crippen LogP contribution in [0, 0.1) is 0 Å². The van der Waals surface area contributed by atoms with Gasteiger partial charge >= 0.3 is 0 Å². The summed E-state index contributed by atoms with van der Waals surface area (Å²) >= 11 is 0. The smallest absolute Gasteiger partial charge is 0.143 e. The summed E-state index contributed by atoms with van der Waals surface area (Å²) in [5.74, 6) is 0.852. The lowest BCUT2D eigenvalue weighted by Gasteiger charge is -2.38. The number of benzene rings is 6. The van der Waals surface area contributed by atoms with Crippen LogP contribution in [0.2, 0.25) is 0 Å². The predicted molar refractivity (Wildman–Crippen MR) is 353 cm³/mol. The van der Waals surface area contributed by atoms with Crippen molar-refractivity contribution >= 4 is 84.0 Å². The molecular formula is C79H72N2O2. The van der Waals surface area contributed by atoms with Crippen molar-refractivity contribution in [1.82, 2.24) is 9.13 Å². The van der Waals surface area contributed by atoms with E-state index in [1.165, 1.54) is 60.7 Å². The van der Waals surface area contributed by atoms with Crippen LogP contribution in [-0.4, -0.2) is 9.13 Å². The number of para-hydroxylation sites is 1. The Bertz CT molecular complexity index is 4750. The molecule has 0 fully saturated rings. The average molecular weight is 1080 g/mol. The maximum Gasteiger partial charge on any atom is 0.143 e. The largest absolute Gasteiger partial charge is 0.455 e. The molecule has 4 heteroatoms. The molecule has 0 amide bonds. The third-order valence-electron chi connectivity index (χ3n) is 19.0. The van der Waals surface area contributed by atoms with E-state index in [1.807, 2.05) is 6.08 Å². The number of hydrogen-bond donors (Lipinski definition) is 0. The highest BCUT2D eigenvalue weighted by molar-refractivity contribution is 6.14. The Labute approximate surface area is 487 Å². The minimum Gasteiger partial charge on any atom is -0.455 e. The predicted octanol–water partition coefficient (Wildman–Crippen LogP) is 20.4. The van der Waals surface area contributed by atoms with Crippen LogP contribution in [0.5, 0.6) is 0 Å². The number of rotatable bonds is 14. The summed E-state index contributed by atoms with van der Waals surface area (Å²) in [6.07, 6.45) is 39.5. The SMILES string of the molecule is C=C1CC=Cc2oc3c(c21)=CC=C=CC=3c1cc(-c2ccc3c(c2)c2ccccc2n3C(CC)(CC)C2=CCCC=C2)c2oc3ccc(-c4cccc(-n5c6c(c7cc(C(C)(CCC)C(/C=C\C)=C/CC)ccc75)CCC=C6)c4)cc3c2c1. The lowest BCUT2D eigenvalue weighted by Crippen LogP contribution is -2.34. The van der Waals surface area contributed by atoms with Crippen molar-refractivity contribution in [3.8, 4) is 27.9 Å². The van der Waals surface area contributed by atoms with E-state index in [2.05, 4.69) is 251 Å². The molecular weight excluding hydrogens is 1010 g/mol. The molecule has 0 bridgehead atoms. The second kappa shape index (κ2) is 20.9. The number of aromatic nitrogens is 2. The number of aryl methyl sites for hydroxylation is 1. The third-order valence-corrected chi connectivity index (χ3v) is 19.0. The van der Waals surface area contributed by atoms with Crippen molar-refractivity contribution in [3.63, 3.8) is 0 Å². The fraction of sp³-hybridized carbons (Fsp3) is 0.228. The first-order valence-corrected chi connectivity index (χ1v) is 30.5. The molecule has 83 heavy (non-hydrogen) atoms. The van der Waals surface area contributed by atoms with Gasteiger partial charge in [0.15, 0.2) is 0 Å². The monoisotopic (exact) mass is 1080 g/mol. The topological polar surface area (TPSA) is 36.1 Å². The van der Waals surface area contributed by atoms with Gasteiger partial charge in [-0.25, -0.2) is 0 Å². The molecule has 4 nitrogen and oxygen atoms in total. The van der Waals surface area contributed by atoms with Crippen LogP contribution >= 0.6 is 0 Å². The van der Waals surface area contributed by atoms with E-state index in [1.54, 1.807) is 0 Å². The van der Waals surface area contributed by atoms with Crippen molar-refractivity contribution in [3.05, 3.63) is 244 Å². The van der Waals surface area contributed by atoms with Gasteiger partial charge in [-0.1, -0.05) is 145 Å². The average Bonchev–Trinajstić information content (AvgIpc) is 2.70. The first-order chi connectivity index (χ1) is 40.7. The van der Waals surface area contributed by atoms with E-state index in [0.29, 0.717) is 0 Å². The Balaban J connectivity index is 0.956. The van der Waals surface area contributed by atoms with Gasteiger partial charge in [0.05, 0.1) is 11.1 Å². The van der Waals surface area contributed by atoms with Gasteiger partial charge in [-0.05, 0) is 212 Å². The molecule has 10 aromatic rings. The van der Waals surface area contributed by atoms with Crippen molar-refractivity contribution in [1.29, 1.82) is 0 Å². The van der Waals surface area contributed by atoms with Gasteiger partial charge in [0, 0.05) is 76.7 Å². The summed E-state index contributed by atoms with van der Waals surface area (Å²) in [7, 11) is 0. The number of nitrogens with zero attached hydrogens (tertiary/aromatic N) is 2. The first kappa shape index (κ1) is 52.3. The standard InChI is InChI=1S/C79H72N2O2/c1-8-24-56(25-9-2)78(7,44-10-3)58-40-42-70-66(50-58)61-32-18-20-35-69(61)80(70)59-30-23-27-52(45-59)53-39-43-73-67(46-53)68-49-55(60-31-16-17-34-63-75-51(6)26-22-37-74(75)83-76(60)63)48-64(77(68)82-73)54-38-41-72-65(47-54)62-33-19-21-36-71(62)81(72)79(11-4,12-5)57-28-14-13-15-29-57/h8,14,17,19-25,27-31,33-43,45-50H,6,9-13,15,18,26,32,44H2,1-5,7H3/b24-8-,56-25+. The molecule has 0 spiro atoms. The van der Waals surface area contributed by atoms with Gasteiger partial charge in [-0.3, -0.25) is 0 Å². The highest BCUT2D eigenvalue weighted by atomic mass is 16.3. The highest BCUT2D eigenvalue weighted by Gasteiger charge is 2.36. The number of fused-ring (bicyclic) bond motifs is 12. The van der Waals surface area contributed by atoms with E-state index in [-0.39, 0.29) is 11.0 Å². The Morgan fingerprint density at radius 2 is 1.52 bits per heavy atom. The van der Waals surface area contributed by atoms with Crippen molar-refractivity contribution in [2.45, 2.75) is 117 Å². The van der Waals surface area contributed by atoms with E-state index in [4.69, 9.17) is 8.83 Å². The summed E-state index contributed by atoms with van der Waals surface area (Å²) in [4.78, 5) is 0. The van der Waals surface area contributed by atoms with Gasteiger partial charge in [0.25, 0.3) is 0 Å². The Morgan fingerprint density at radius 3 is 2.35 bits per heavy atom. The van der Waals surface area contributed by atoms with Crippen LogP contribution in [0.25, 0.3) is 112 Å². The molecule has 4 heterocycles. The zero-order valence-corrected chi connectivity index (χ0v) is 49.0. The normalized spacial score (nSPS) is 15.9. The lowest BCUT2D eigenvalue weighted by atomic mass is 9.71. The van der Waals surface area contributed by atoms with E-state index >= 15 is 0 Å². The van der Waals surface area contributed by atoms with E-state index < -0.39 is 0 Å². The van der Waals surface area contributed by atoms with Gasteiger partial charge in [-0.15, -0.1) is 5.73 Å². The van der Waals surface area contributed by atoms with Gasteiger partial charge in [0.1, 0.15) is 22.3 Å². The van der Waals surface area contributed by atoms with Crippen molar-refractivity contribution < 1.29 is 8.83 Å². The number of allylic oxidation sites excluding steroid dienone is 12. The van der Waals surface area contributed by atoms with Crippen LogP contribution in [0.4, 0.5) is 0 Å². The quantitative estimate of drug-likeness (QED) is 0.0804. The van der Waals surface area contributed by atoms with Crippen LogP contribution in [-0.2, 0) is 17.4 Å². The molecule has 0 radical (unpaired) electrons. The Morgan fingerprint density at radius 1 is 0.711 bits per heavy atom. The molecule has 0 aliphatic heterocycles. The molecule has 4 aromatic heterocycles. The van der Waals surface area contributed by atoms with Crippen molar-refractivity contribution in [2.75, 3.05) is 0 Å². The van der Waals surface area contributed by atoms with Crippen LogP contribution in [0.1, 0.15) is 133 Å². The van der Waals surface area contributed by atoms with Gasteiger partial charge < -0.3 is 18.0 Å². The minimum atomic E-state index is -0.189. The second-order valence-corrected chi connectivity index (χ2v) is 23.6. The molecule has 4 aliphatic rings. The zero-order chi connectivity index (χ0) is 56.6. The number of furan rings is 2. The minimum absolute atomic E-state index is 0.0896. The summed E-state index contributed by atoms with van der Waals surface area (Å²) in [6.45, 7) is 18.3. The summed E-state index contributed by atoms with van der Waals surface area (Å²) < 4.78 is 19.2. The molecule has 4 aliphatic carbocycles. The molecule has 410 valence electrons. The fourth-order valence-corrected chi connectivity index (χ4v) is 14.9. The highest BCUT2D eigenvalue weighted by Crippen LogP contribution is 2.47. The zero-order valence-electron chi connectivity index (χ0n) is 49.0. The molecule has 1 atom stereocenters. The molecule has 0 saturated heterocycles. The maximum absolute atomic E-state index is 7.17. The Kier molecular flexibility index (Phi) is 13.1. The van der Waals surface area contributed by atoms with E-state index in [9.17, 15) is 0 Å². The summed E-state index contributed by atoms with van der Waals surface area (Å²) in [5.41, 5.74) is 26.1. The summed E-state index contributed by atoms with van der Waals surface area (Å²) in [6, 6.07) is 43.9. The fourth-order valence-electron chi connectivity index (χ4n) is 14.9. The molecule has 0 saturated carbocycles. The van der Waals surface area contributed by atoms with Crippen LogP contribution < -0.4 is 10.6 Å².